The Balaban J connectivity index is 1.50. The number of nitrogens with one attached hydrogen (secondary N) is 2. The van der Waals surface area contributed by atoms with Crippen molar-refractivity contribution in [3.63, 3.8) is 0 Å². The Kier molecular flexibility index (Phi) is 4.88. The van der Waals surface area contributed by atoms with Crippen molar-refractivity contribution in [1.29, 1.82) is 0 Å². The predicted octanol–water partition coefficient (Wildman–Crippen LogP) is 3.70. The van der Waals surface area contributed by atoms with Crippen molar-refractivity contribution in [2.45, 2.75) is 13.3 Å². The molecule has 0 saturated carbocycles. The lowest BCUT2D eigenvalue weighted by molar-refractivity contribution is 0.0955. The first kappa shape index (κ1) is 15.5. The highest BCUT2D eigenvalue weighted by Crippen LogP contribution is 2.25. The molecule has 0 aliphatic carbocycles. The van der Waals surface area contributed by atoms with Gasteiger partial charge in [0, 0.05) is 24.0 Å². The van der Waals surface area contributed by atoms with Crippen molar-refractivity contribution in [3.8, 4) is 0 Å². The summed E-state index contributed by atoms with van der Waals surface area (Å²) < 4.78 is 5.57. The third-order valence-corrected chi connectivity index (χ3v) is 4.53. The molecule has 0 unspecified atom stereocenters. The molecule has 1 amide bonds. The standard InChI is InChI=1S/C18H19N3OS/c1-2-13-7-9-14(10-8-13)18(22)20-12-11-19-17-15-5-3-4-6-16(15)23-21-17/h3-10H,2,11-12H2,1H3,(H,19,21)(H,20,22). The molecule has 1 aromatic heterocycles. The van der Waals surface area contributed by atoms with E-state index in [4.69, 9.17) is 0 Å². The van der Waals surface area contributed by atoms with E-state index in [1.54, 1.807) is 0 Å². The molecule has 4 nitrogen and oxygen atoms in total. The summed E-state index contributed by atoms with van der Waals surface area (Å²) in [5, 5.41) is 7.32. The first-order valence-electron chi connectivity index (χ1n) is 7.73. The predicted molar refractivity (Wildman–Crippen MR) is 96.3 cm³/mol. The van der Waals surface area contributed by atoms with Crippen molar-refractivity contribution in [3.05, 3.63) is 59.7 Å². The maximum absolute atomic E-state index is 12.1. The van der Waals surface area contributed by atoms with E-state index in [9.17, 15) is 4.79 Å². The number of aromatic nitrogens is 1. The molecule has 0 saturated heterocycles. The molecule has 0 atom stereocenters. The van der Waals surface area contributed by atoms with Gasteiger partial charge in [-0.15, -0.1) is 0 Å². The van der Waals surface area contributed by atoms with Crippen LogP contribution in [0.3, 0.4) is 0 Å². The first-order chi connectivity index (χ1) is 11.3. The fourth-order valence-corrected chi connectivity index (χ4v) is 3.12. The zero-order valence-electron chi connectivity index (χ0n) is 13.0. The molecule has 0 fully saturated rings. The molecular formula is C18H19N3OS. The van der Waals surface area contributed by atoms with Gasteiger partial charge in [-0.05, 0) is 47.8 Å². The third kappa shape index (κ3) is 3.68. The highest BCUT2D eigenvalue weighted by molar-refractivity contribution is 7.13. The first-order valence-corrected chi connectivity index (χ1v) is 8.50. The highest BCUT2D eigenvalue weighted by Gasteiger charge is 2.06. The topological polar surface area (TPSA) is 54.0 Å². The zero-order chi connectivity index (χ0) is 16.1. The van der Waals surface area contributed by atoms with E-state index >= 15 is 0 Å². The van der Waals surface area contributed by atoms with Crippen LogP contribution in [0.1, 0.15) is 22.8 Å². The lowest BCUT2D eigenvalue weighted by Gasteiger charge is -2.07. The minimum atomic E-state index is -0.0439. The molecule has 2 aromatic carbocycles. The zero-order valence-corrected chi connectivity index (χ0v) is 13.8. The monoisotopic (exact) mass is 325 g/mol. The number of hydrogen-bond donors (Lipinski definition) is 2. The third-order valence-electron chi connectivity index (χ3n) is 3.70. The van der Waals surface area contributed by atoms with Crippen LogP contribution in [0.15, 0.2) is 48.5 Å². The summed E-state index contributed by atoms with van der Waals surface area (Å²) in [6.45, 7) is 3.30. The van der Waals surface area contributed by atoms with Gasteiger partial charge in [0.1, 0.15) is 5.82 Å². The van der Waals surface area contributed by atoms with Gasteiger partial charge in [0.15, 0.2) is 0 Å². The van der Waals surface area contributed by atoms with Crippen molar-refractivity contribution in [2.24, 2.45) is 0 Å². The van der Waals surface area contributed by atoms with E-state index in [1.165, 1.54) is 17.1 Å². The molecule has 3 aromatic rings. The van der Waals surface area contributed by atoms with Gasteiger partial charge in [-0.25, -0.2) is 0 Å². The Morgan fingerprint density at radius 1 is 1.09 bits per heavy atom. The van der Waals surface area contributed by atoms with Gasteiger partial charge in [0.05, 0.1) is 4.70 Å². The quantitative estimate of drug-likeness (QED) is 0.680. The second kappa shape index (κ2) is 7.24. The van der Waals surface area contributed by atoms with Crippen molar-refractivity contribution in [2.75, 3.05) is 18.4 Å². The van der Waals surface area contributed by atoms with E-state index < -0.39 is 0 Å². The Morgan fingerprint density at radius 2 is 1.87 bits per heavy atom. The van der Waals surface area contributed by atoms with Crippen molar-refractivity contribution >= 4 is 33.3 Å². The SMILES string of the molecule is CCc1ccc(C(=O)NCCNc2nsc3ccccc23)cc1. The van der Waals surface area contributed by atoms with Crippen LogP contribution in [-0.4, -0.2) is 23.4 Å². The van der Waals surface area contributed by atoms with Crippen LogP contribution in [-0.2, 0) is 6.42 Å². The van der Waals surface area contributed by atoms with Crippen molar-refractivity contribution < 1.29 is 4.79 Å². The largest absolute Gasteiger partial charge is 0.367 e. The van der Waals surface area contributed by atoms with Crippen LogP contribution in [0.2, 0.25) is 0 Å². The van der Waals surface area contributed by atoms with E-state index in [2.05, 4.69) is 34.1 Å². The van der Waals surface area contributed by atoms with Gasteiger partial charge in [-0.3, -0.25) is 4.79 Å². The normalized spacial score (nSPS) is 10.7. The summed E-state index contributed by atoms with van der Waals surface area (Å²) in [5.41, 5.74) is 1.93. The summed E-state index contributed by atoms with van der Waals surface area (Å²) in [5.74, 6) is 0.838. The molecule has 1 heterocycles. The fourth-order valence-electron chi connectivity index (χ4n) is 2.36. The molecule has 5 heteroatoms. The average molecular weight is 325 g/mol. The number of aryl methyl sites for hydroxylation is 1. The van der Waals surface area contributed by atoms with Crippen LogP contribution in [0.25, 0.3) is 10.1 Å². The van der Waals surface area contributed by atoms with E-state index in [0.29, 0.717) is 18.7 Å². The minimum absolute atomic E-state index is 0.0439. The molecule has 0 aliphatic heterocycles. The summed E-state index contributed by atoms with van der Waals surface area (Å²) in [4.78, 5) is 12.1. The second-order valence-corrected chi connectivity index (χ2v) is 6.07. The number of anilines is 1. The number of fused-ring (bicyclic) bond motifs is 1. The van der Waals surface area contributed by atoms with E-state index in [-0.39, 0.29) is 5.91 Å². The Labute approximate surface area is 139 Å². The van der Waals surface area contributed by atoms with Crippen LogP contribution in [0.5, 0.6) is 0 Å². The summed E-state index contributed by atoms with van der Waals surface area (Å²) in [7, 11) is 0. The van der Waals surface area contributed by atoms with Gasteiger partial charge in [0.2, 0.25) is 0 Å². The lowest BCUT2D eigenvalue weighted by atomic mass is 10.1. The molecule has 118 valence electrons. The number of carbonyl (C=O) groups excluding carboxylic acids is 1. The molecule has 2 N–H and O–H groups in total. The Bertz CT molecular complexity index is 795. The minimum Gasteiger partial charge on any atom is -0.367 e. The number of amides is 1. The number of benzene rings is 2. The van der Waals surface area contributed by atoms with Crippen LogP contribution in [0.4, 0.5) is 5.82 Å². The van der Waals surface area contributed by atoms with Crippen LogP contribution >= 0.6 is 11.5 Å². The Hall–Kier alpha value is -2.40. The highest BCUT2D eigenvalue weighted by atomic mass is 32.1. The average Bonchev–Trinajstić information content (AvgIpc) is 3.02. The van der Waals surface area contributed by atoms with Gasteiger partial charge in [-0.2, -0.15) is 4.37 Å². The van der Waals surface area contributed by atoms with Crippen LogP contribution in [0, 0.1) is 0 Å². The molecule has 3 rings (SSSR count). The van der Waals surface area contributed by atoms with Crippen LogP contribution < -0.4 is 10.6 Å². The summed E-state index contributed by atoms with van der Waals surface area (Å²) >= 11 is 1.48. The number of nitrogens with zero attached hydrogens (tertiary/aromatic N) is 1. The number of hydrogen-bond acceptors (Lipinski definition) is 4. The van der Waals surface area contributed by atoms with Gasteiger partial charge < -0.3 is 10.6 Å². The maximum Gasteiger partial charge on any atom is 0.251 e. The lowest BCUT2D eigenvalue weighted by Crippen LogP contribution is -2.28. The molecule has 0 radical (unpaired) electrons. The summed E-state index contributed by atoms with van der Waals surface area (Å²) in [6, 6.07) is 15.8. The molecule has 0 bridgehead atoms. The summed E-state index contributed by atoms with van der Waals surface area (Å²) in [6.07, 6.45) is 0.980. The second-order valence-electron chi connectivity index (χ2n) is 5.26. The molecule has 23 heavy (non-hydrogen) atoms. The Morgan fingerprint density at radius 3 is 2.65 bits per heavy atom. The molecule has 0 spiro atoms. The van der Waals surface area contributed by atoms with E-state index in [0.717, 1.165) is 22.3 Å². The fraction of sp³-hybridized carbons (Fsp3) is 0.222. The van der Waals surface area contributed by atoms with Gasteiger partial charge in [0.25, 0.3) is 5.91 Å². The van der Waals surface area contributed by atoms with Gasteiger partial charge >= 0.3 is 0 Å². The number of rotatable bonds is 6. The smallest absolute Gasteiger partial charge is 0.251 e. The van der Waals surface area contributed by atoms with Gasteiger partial charge in [-0.1, -0.05) is 31.2 Å². The molecule has 0 aliphatic rings. The van der Waals surface area contributed by atoms with E-state index in [1.807, 2.05) is 36.4 Å². The van der Waals surface area contributed by atoms with Crippen molar-refractivity contribution in [1.82, 2.24) is 9.69 Å². The number of carbonyl (C=O) groups is 1. The maximum atomic E-state index is 12.1. The molecular weight excluding hydrogens is 306 g/mol.